The Morgan fingerprint density at radius 3 is 2.56 bits per heavy atom. The average Bonchev–Trinajstić information content (AvgIpc) is 2.57. The van der Waals surface area contributed by atoms with Gasteiger partial charge in [0.15, 0.2) is 0 Å². The van der Waals surface area contributed by atoms with Gasteiger partial charge in [-0.3, -0.25) is 0 Å². The molecule has 1 fully saturated rings. The minimum atomic E-state index is -0.939. The molecule has 1 saturated heterocycles. The number of carbonyl (C=O) groups is 3. The first-order valence-electron chi connectivity index (χ1n) is 4.60. The van der Waals surface area contributed by atoms with Crippen LogP contribution in [0, 0.1) is 0 Å². The van der Waals surface area contributed by atoms with E-state index in [0.29, 0.717) is 12.2 Å². The van der Waals surface area contributed by atoms with Crippen LogP contribution >= 0.6 is 0 Å². The molecule has 0 aromatic rings. The van der Waals surface area contributed by atoms with Gasteiger partial charge in [0, 0.05) is 0 Å². The van der Waals surface area contributed by atoms with E-state index in [-0.39, 0.29) is 12.8 Å². The fourth-order valence-electron chi connectivity index (χ4n) is 1.05. The van der Waals surface area contributed by atoms with Crippen molar-refractivity contribution in [3.8, 4) is 0 Å². The van der Waals surface area contributed by atoms with E-state index in [4.69, 9.17) is 0 Å². The van der Waals surface area contributed by atoms with Gasteiger partial charge < -0.3 is 0 Å². The molecule has 1 atom stereocenters. The molecular formula is C8H9BN2O5. The predicted octanol–water partition coefficient (Wildman–Crippen LogP) is -0.940. The van der Waals surface area contributed by atoms with E-state index in [9.17, 15) is 19.1 Å². The molecule has 1 unspecified atom stereocenters. The predicted molar refractivity (Wildman–Crippen MR) is 51.6 cm³/mol. The zero-order chi connectivity index (χ0) is 12.1. The topological polar surface area (TPSA) is 93.1 Å². The van der Waals surface area contributed by atoms with Crippen molar-refractivity contribution in [1.82, 2.24) is 5.06 Å². The number of aliphatic imine (C=N–C) groups is 1. The molecule has 0 saturated carbocycles. The zero-order valence-electron chi connectivity index (χ0n) is 8.58. The SMILES string of the molecule is CC(N=CB=O)C(=O)ON1C(=O)CCC1=O. The van der Waals surface area contributed by atoms with Crippen LogP contribution in [0.5, 0.6) is 0 Å². The van der Waals surface area contributed by atoms with Crippen LogP contribution in [0.3, 0.4) is 0 Å². The molecule has 0 spiro atoms. The Morgan fingerprint density at radius 1 is 1.50 bits per heavy atom. The molecule has 8 heteroatoms. The number of hydrogen-bond donors (Lipinski definition) is 0. The molecule has 0 aromatic heterocycles. The van der Waals surface area contributed by atoms with Crippen LogP contribution in [0.25, 0.3) is 0 Å². The van der Waals surface area contributed by atoms with E-state index in [1.807, 2.05) is 0 Å². The minimum absolute atomic E-state index is 0.0398. The van der Waals surface area contributed by atoms with Crippen molar-refractivity contribution in [1.29, 1.82) is 0 Å². The van der Waals surface area contributed by atoms with Crippen molar-refractivity contribution in [3.05, 3.63) is 0 Å². The number of imide groups is 1. The number of hydroxylamine groups is 2. The van der Waals surface area contributed by atoms with E-state index < -0.39 is 23.8 Å². The van der Waals surface area contributed by atoms with E-state index >= 15 is 0 Å². The van der Waals surface area contributed by atoms with Gasteiger partial charge in [-0.05, 0) is 0 Å². The second kappa shape index (κ2) is 5.29. The fraction of sp³-hybridized carbons (Fsp3) is 0.500. The standard InChI is InChI=1S/C8H9BN2O5/c1-5(10-4-9-15)8(14)16-11-6(12)2-3-7(11)13/h4-5H,2-3H2,1H3. The van der Waals surface area contributed by atoms with Gasteiger partial charge in [0.2, 0.25) is 0 Å². The maximum atomic E-state index is 11.3. The summed E-state index contributed by atoms with van der Waals surface area (Å²) in [7, 11) is 0.413. The third-order valence-electron chi connectivity index (χ3n) is 1.90. The monoisotopic (exact) mass is 224 g/mol. The first kappa shape index (κ1) is 12.2. The fourth-order valence-corrected chi connectivity index (χ4v) is 1.05. The third kappa shape index (κ3) is 2.82. The summed E-state index contributed by atoms with van der Waals surface area (Å²) in [4.78, 5) is 41.6. The number of rotatable bonds is 4. The zero-order valence-corrected chi connectivity index (χ0v) is 8.58. The van der Waals surface area contributed by atoms with Gasteiger partial charge in [-0.25, -0.2) is 0 Å². The summed E-state index contributed by atoms with van der Waals surface area (Å²) in [6, 6.07) is -0.939. The van der Waals surface area contributed by atoms with Gasteiger partial charge in [-0.2, -0.15) is 0 Å². The second-order valence-corrected chi connectivity index (χ2v) is 3.10. The van der Waals surface area contributed by atoms with Gasteiger partial charge in [0.1, 0.15) is 0 Å². The molecule has 1 aliphatic heterocycles. The van der Waals surface area contributed by atoms with Crippen LogP contribution in [0.1, 0.15) is 19.8 Å². The summed E-state index contributed by atoms with van der Waals surface area (Å²) in [5, 5.41) is 0.440. The Labute approximate surface area is 91.7 Å². The average molecular weight is 224 g/mol. The molecule has 16 heavy (non-hydrogen) atoms. The summed E-state index contributed by atoms with van der Waals surface area (Å²) in [5.41, 5.74) is 0. The number of nitrogens with zero attached hydrogens (tertiary/aromatic N) is 2. The van der Waals surface area contributed by atoms with Gasteiger partial charge >= 0.3 is 90.8 Å². The normalized spacial score (nSPS) is 17.7. The van der Waals surface area contributed by atoms with Crippen LogP contribution in [-0.4, -0.2) is 42.2 Å². The summed E-state index contributed by atoms with van der Waals surface area (Å²) in [6.45, 7) is 1.38. The summed E-state index contributed by atoms with van der Waals surface area (Å²) >= 11 is 0. The van der Waals surface area contributed by atoms with Crippen LogP contribution in [-0.2, 0) is 23.9 Å². The molecule has 1 heterocycles. The number of carbonyl (C=O) groups excluding carboxylic acids is 3. The van der Waals surface area contributed by atoms with Gasteiger partial charge in [0.25, 0.3) is 0 Å². The summed E-state index contributed by atoms with van der Waals surface area (Å²) in [5.74, 6) is -1.96. The van der Waals surface area contributed by atoms with Gasteiger partial charge in [-0.15, -0.1) is 0 Å². The number of amides is 2. The third-order valence-corrected chi connectivity index (χ3v) is 1.90. The van der Waals surface area contributed by atoms with Crippen LogP contribution in [0.15, 0.2) is 4.99 Å². The molecule has 84 valence electrons. The van der Waals surface area contributed by atoms with Crippen LogP contribution in [0.2, 0.25) is 0 Å². The Hall–Kier alpha value is -1.86. The summed E-state index contributed by atoms with van der Waals surface area (Å²) in [6.07, 6.45) is 0.982. The Balaban J connectivity index is 2.57. The molecule has 0 radical (unpaired) electrons. The van der Waals surface area contributed by atoms with E-state index in [0.717, 1.165) is 6.11 Å². The molecule has 0 aromatic carbocycles. The molecule has 0 bridgehead atoms. The summed E-state index contributed by atoms with van der Waals surface area (Å²) < 4.78 is 9.96. The molecule has 2 amide bonds. The molecule has 1 aliphatic rings. The van der Waals surface area contributed by atoms with E-state index in [2.05, 4.69) is 9.83 Å². The van der Waals surface area contributed by atoms with Crippen LogP contribution in [0.4, 0.5) is 0 Å². The first-order chi connectivity index (χ1) is 7.56. The van der Waals surface area contributed by atoms with Crippen molar-refractivity contribution in [2.24, 2.45) is 4.99 Å². The Kier molecular flexibility index (Phi) is 4.04. The van der Waals surface area contributed by atoms with Crippen molar-refractivity contribution in [3.63, 3.8) is 0 Å². The first-order valence-corrected chi connectivity index (χ1v) is 4.60. The number of hydrogen-bond acceptors (Lipinski definition) is 6. The van der Waals surface area contributed by atoms with Crippen molar-refractivity contribution in [2.75, 3.05) is 0 Å². The van der Waals surface area contributed by atoms with Crippen LogP contribution < -0.4 is 0 Å². The van der Waals surface area contributed by atoms with Crippen molar-refractivity contribution < 1.29 is 23.9 Å². The molecule has 7 nitrogen and oxygen atoms in total. The van der Waals surface area contributed by atoms with E-state index in [1.54, 1.807) is 0 Å². The van der Waals surface area contributed by atoms with Crippen molar-refractivity contribution >= 4 is 31.0 Å². The molecule has 1 rings (SSSR count). The van der Waals surface area contributed by atoms with Crippen molar-refractivity contribution in [2.45, 2.75) is 25.8 Å². The second-order valence-electron chi connectivity index (χ2n) is 3.10. The molecule has 0 aliphatic carbocycles. The maximum absolute atomic E-state index is 11.3. The Morgan fingerprint density at radius 2 is 2.06 bits per heavy atom. The van der Waals surface area contributed by atoms with E-state index in [1.165, 1.54) is 6.92 Å². The van der Waals surface area contributed by atoms with Gasteiger partial charge in [-0.1, -0.05) is 0 Å². The molecule has 0 N–H and O–H groups in total. The quantitative estimate of drug-likeness (QED) is 0.349. The van der Waals surface area contributed by atoms with Gasteiger partial charge in [0.05, 0.1) is 0 Å². The molecular weight excluding hydrogens is 215 g/mol. The Bertz CT molecular complexity index is 351.